The van der Waals surface area contributed by atoms with Gasteiger partial charge in [-0.3, -0.25) is 37.3 Å². The first-order valence-corrected chi connectivity index (χ1v) is 37.1. The summed E-state index contributed by atoms with van der Waals surface area (Å²) < 4.78 is 67.6. The van der Waals surface area contributed by atoms with E-state index in [0.717, 1.165) is 102 Å². The van der Waals surface area contributed by atoms with Crippen molar-refractivity contribution in [3.8, 4) is 0 Å². The summed E-state index contributed by atoms with van der Waals surface area (Å²) in [5, 5.41) is 10.5. The third kappa shape index (κ3) is 59.0. The van der Waals surface area contributed by atoms with Crippen LogP contribution in [-0.4, -0.2) is 96.7 Å². The molecule has 0 fully saturated rings. The lowest BCUT2D eigenvalue weighted by molar-refractivity contribution is -0.161. The predicted octanol–water partition coefficient (Wildman–Crippen LogP) is 18.2. The molecule has 498 valence electrons. The number of hydrogen-bond donors (Lipinski definition) is 3. The van der Waals surface area contributed by atoms with Crippen LogP contribution in [0.2, 0.25) is 0 Å². The first-order valence-electron chi connectivity index (χ1n) is 34.1. The van der Waals surface area contributed by atoms with E-state index in [4.69, 9.17) is 37.0 Å². The molecule has 2 unspecified atom stereocenters. The minimum absolute atomic E-state index is 0.0989. The summed E-state index contributed by atoms with van der Waals surface area (Å²) >= 11 is 0. The smallest absolute Gasteiger partial charge is 0.462 e. The van der Waals surface area contributed by atoms with Gasteiger partial charge in [0, 0.05) is 25.7 Å². The lowest BCUT2D eigenvalue weighted by atomic mass is 10.0. The number of esters is 4. The number of hydrogen-bond acceptors (Lipinski definition) is 15. The van der Waals surface area contributed by atoms with Gasteiger partial charge in [-0.15, -0.1) is 0 Å². The molecule has 0 amide bonds. The van der Waals surface area contributed by atoms with Gasteiger partial charge in [-0.25, -0.2) is 9.13 Å². The van der Waals surface area contributed by atoms with Crippen LogP contribution in [0.15, 0.2) is 0 Å². The van der Waals surface area contributed by atoms with Gasteiger partial charge in [0.05, 0.1) is 26.4 Å². The average molecular weight is 1240 g/mol. The van der Waals surface area contributed by atoms with Crippen molar-refractivity contribution < 1.29 is 80.2 Å². The maximum Gasteiger partial charge on any atom is 0.472 e. The number of ether oxygens (including phenoxy) is 4. The average Bonchev–Trinajstić information content (AvgIpc) is 3.49. The fourth-order valence-electron chi connectivity index (χ4n) is 9.76. The zero-order valence-corrected chi connectivity index (χ0v) is 55.8. The molecular weight excluding hydrogens is 1110 g/mol. The summed E-state index contributed by atoms with van der Waals surface area (Å²) in [5.41, 5.74) is 0. The van der Waals surface area contributed by atoms with Crippen molar-refractivity contribution >= 4 is 39.5 Å². The number of aliphatic hydroxyl groups excluding tert-OH is 1. The second-order valence-electron chi connectivity index (χ2n) is 24.0. The van der Waals surface area contributed by atoms with E-state index in [9.17, 15) is 43.2 Å². The van der Waals surface area contributed by atoms with Crippen molar-refractivity contribution in [2.75, 3.05) is 39.6 Å². The van der Waals surface area contributed by atoms with Gasteiger partial charge in [0.1, 0.15) is 19.3 Å². The SMILES string of the molecule is CCCCCCCCCCCCCCCCCCCCCCCCC(=O)O[C@H](COC(=O)CCCCCCCCCCCC(C)C)COP(=O)(O)OC[C@@H](O)COP(=O)(O)OC[C@@H](COC(=O)CCCCCCC)OC(=O)CCCCCCC. The molecular formula is C65H126O17P2. The molecule has 0 bridgehead atoms. The molecule has 0 aromatic rings. The van der Waals surface area contributed by atoms with E-state index < -0.39 is 97.5 Å². The molecule has 0 aliphatic rings. The summed E-state index contributed by atoms with van der Waals surface area (Å²) in [5.74, 6) is -1.41. The van der Waals surface area contributed by atoms with Gasteiger partial charge in [-0.05, 0) is 31.6 Å². The van der Waals surface area contributed by atoms with E-state index in [1.807, 2.05) is 0 Å². The molecule has 0 rings (SSSR count). The van der Waals surface area contributed by atoms with Gasteiger partial charge in [-0.2, -0.15) is 0 Å². The van der Waals surface area contributed by atoms with Crippen LogP contribution >= 0.6 is 15.6 Å². The van der Waals surface area contributed by atoms with Crippen LogP contribution in [0.4, 0.5) is 0 Å². The molecule has 0 heterocycles. The van der Waals surface area contributed by atoms with Crippen LogP contribution in [0.25, 0.3) is 0 Å². The monoisotopic (exact) mass is 1240 g/mol. The quantitative estimate of drug-likeness (QED) is 0.0222. The summed E-state index contributed by atoms with van der Waals surface area (Å²) in [6.07, 6.45) is 44.2. The lowest BCUT2D eigenvalue weighted by Crippen LogP contribution is -2.30. The van der Waals surface area contributed by atoms with Crippen LogP contribution < -0.4 is 0 Å². The third-order valence-corrected chi connectivity index (χ3v) is 16.9. The Balaban J connectivity index is 5.01. The number of carbonyl (C=O) groups excluding carboxylic acids is 4. The Hall–Kier alpha value is -1.94. The molecule has 0 saturated carbocycles. The van der Waals surface area contributed by atoms with E-state index >= 15 is 0 Å². The van der Waals surface area contributed by atoms with Gasteiger partial charge >= 0.3 is 39.5 Å². The fraction of sp³-hybridized carbons (Fsp3) is 0.938. The Morgan fingerprint density at radius 3 is 0.810 bits per heavy atom. The van der Waals surface area contributed by atoms with E-state index in [-0.39, 0.29) is 25.7 Å². The lowest BCUT2D eigenvalue weighted by Gasteiger charge is -2.21. The number of unbranched alkanes of at least 4 members (excludes halogenated alkanes) is 37. The van der Waals surface area contributed by atoms with Crippen molar-refractivity contribution in [1.29, 1.82) is 0 Å². The Morgan fingerprint density at radius 1 is 0.321 bits per heavy atom. The molecule has 0 aromatic carbocycles. The maximum absolute atomic E-state index is 13.0. The molecule has 84 heavy (non-hydrogen) atoms. The van der Waals surface area contributed by atoms with Crippen LogP contribution in [-0.2, 0) is 65.4 Å². The van der Waals surface area contributed by atoms with Gasteiger partial charge in [-0.1, -0.05) is 279 Å². The van der Waals surface area contributed by atoms with Crippen molar-refractivity contribution in [3.05, 3.63) is 0 Å². The molecule has 0 spiro atoms. The van der Waals surface area contributed by atoms with Crippen molar-refractivity contribution in [2.45, 2.75) is 348 Å². The Bertz CT molecular complexity index is 1640. The Labute approximate surface area is 511 Å². The van der Waals surface area contributed by atoms with Crippen molar-refractivity contribution in [2.24, 2.45) is 5.92 Å². The zero-order chi connectivity index (χ0) is 62.0. The highest BCUT2D eigenvalue weighted by Crippen LogP contribution is 2.45. The van der Waals surface area contributed by atoms with E-state index in [2.05, 4.69) is 34.6 Å². The van der Waals surface area contributed by atoms with Gasteiger partial charge in [0.15, 0.2) is 12.2 Å². The number of rotatable bonds is 65. The largest absolute Gasteiger partial charge is 0.472 e. The molecule has 0 aliphatic carbocycles. The minimum atomic E-state index is -4.94. The number of phosphoric ester groups is 2. The normalized spacial score (nSPS) is 14.2. The highest BCUT2D eigenvalue weighted by atomic mass is 31.2. The number of aliphatic hydroxyl groups is 1. The van der Waals surface area contributed by atoms with Crippen LogP contribution in [0.1, 0.15) is 330 Å². The maximum atomic E-state index is 13.0. The summed E-state index contributed by atoms with van der Waals surface area (Å²) in [6, 6.07) is 0. The summed E-state index contributed by atoms with van der Waals surface area (Å²) in [4.78, 5) is 71.7. The topological polar surface area (TPSA) is 237 Å². The molecule has 19 heteroatoms. The predicted molar refractivity (Wildman–Crippen MR) is 335 cm³/mol. The molecule has 5 atom stereocenters. The minimum Gasteiger partial charge on any atom is -0.462 e. The highest BCUT2D eigenvalue weighted by Gasteiger charge is 2.30. The van der Waals surface area contributed by atoms with Crippen LogP contribution in [0.5, 0.6) is 0 Å². The standard InChI is InChI=1S/C65H126O17P2/c1-6-9-12-15-16-17-18-19-20-21-22-23-24-25-26-27-28-29-32-36-41-46-51-65(70)82-61(55-76-63(68)49-44-40-35-33-30-31-34-39-42-47-58(4)5)57-80-84(73,74)78-53-59(66)52-77-83(71,72)79-56-60(81-64(69)50-45-38-14-11-8-3)54-75-62(67)48-43-37-13-10-7-2/h58-61,66H,6-57H2,1-5H3,(H,71,72)(H,73,74)/t59-,60+,61+/m0/s1. The third-order valence-electron chi connectivity index (χ3n) is 15.0. The molecule has 0 radical (unpaired) electrons. The molecule has 0 aromatic heterocycles. The van der Waals surface area contributed by atoms with Gasteiger partial charge < -0.3 is 33.8 Å². The Morgan fingerprint density at radius 2 is 0.548 bits per heavy atom. The van der Waals surface area contributed by atoms with E-state index in [0.29, 0.717) is 25.7 Å². The van der Waals surface area contributed by atoms with E-state index in [1.54, 1.807) is 0 Å². The first-order chi connectivity index (χ1) is 40.5. The summed E-state index contributed by atoms with van der Waals surface area (Å²) in [6.45, 7) is 6.99. The second kappa shape index (κ2) is 58.7. The van der Waals surface area contributed by atoms with Crippen LogP contribution in [0.3, 0.4) is 0 Å². The van der Waals surface area contributed by atoms with Gasteiger partial charge in [0.2, 0.25) is 0 Å². The fourth-order valence-corrected chi connectivity index (χ4v) is 11.3. The van der Waals surface area contributed by atoms with Crippen molar-refractivity contribution in [1.82, 2.24) is 0 Å². The second-order valence-corrected chi connectivity index (χ2v) is 26.9. The van der Waals surface area contributed by atoms with Gasteiger partial charge in [0.25, 0.3) is 0 Å². The number of carbonyl (C=O) groups is 4. The molecule has 0 saturated heterocycles. The molecule has 3 N–H and O–H groups in total. The zero-order valence-electron chi connectivity index (χ0n) is 54.0. The van der Waals surface area contributed by atoms with E-state index in [1.165, 1.54) is 148 Å². The molecule has 0 aliphatic heterocycles. The first kappa shape index (κ1) is 82.1. The Kier molecular flexibility index (Phi) is 57.4. The number of phosphoric acid groups is 2. The molecule has 17 nitrogen and oxygen atoms in total. The van der Waals surface area contributed by atoms with Crippen molar-refractivity contribution in [3.63, 3.8) is 0 Å². The van der Waals surface area contributed by atoms with Crippen LogP contribution in [0, 0.1) is 5.92 Å². The summed E-state index contributed by atoms with van der Waals surface area (Å²) in [7, 11) is -9.87. The highest BCUT2D eigenvalue weighted by molar-refractivity contribution is 7.47.